The zero-order valence-corrected chi connectivity index (χ0v) is 13.4. The van der Waals surface area contributed by atoms with Crippen molar-refractivity contribution in [2.24, 2.45) is 10.9 Å². The van der Waals surface area contributed by atoms with Crippen molar-refractivity contribution >= 4 is 5.96 Å². The Morgan fingerprint density at radius 1 is 1.48 bits per heavy atom. The molecule has 21 heavy (non-hydrogen) atoms. The number of ether oxygens (including phenoxy) is 2. The number of guanidine groups is 1. The molecule has 1 aliphatic heterocycles. The molecular formula is C15H31N3O3. The van der Waals surface area contributed by atoms with Crippen LogP contribution in [0, 0.1) is 5.92 Å². The van der Waals surface area contributed by atoms with Gasteiger partial charge in [0.2, 0.25) is 0 Å². The summed E-state index contributed by atoms with van der Waals surface area (Å²) in [6, 6.07) is 0. The molecule has 3 N–H and O–H groups in total. The zero-order valence-electron chi connectivity index (χ0n) is 13.4. The average Bonchev–Trinajstić information content (AvgIpc) is 3.01. The summed E-state index contributed by atoms with van der Waals surface area (Å²) in [5.41, 5.74) is 0. The third kappa shape index (κ3) is 8.90. The number of hydrogen-bond donors (Lipinski definition) is 3. The van der Waals surface area contributed by atoms with E-state index in [9.17, 15) is 0 Å². The number of aliphatic imine (C=N–C) groups is 1. The molecule has 0 spiro atoms. The Kier molecular flexibility index (Phi) is 10.2. The van der Waals surface area contributed by atoms with Gasteiger partial charge in [-0.2, -0.15) is 0 Å². The Morgan fingerprint density at radius 3 is 3.00 bits per heavy atom. The normalized spacial score (nSPS) is 20.5. The number of nitrogens with zero attached hydrogens (tertiary/aromatic N) is 1. The molecule has 0 saturated carbocycles. The van der Waals surface area contributed by atoms with E-state index in [1.807, 2.05) is 13.8 Å². The van der Waals surface area contributed by atoms with Gasteiger partial charge in [-0.25, -0.2) is 0 Å². The van der Waals surface area contributed by atoms with Crippen LogP contribution in [0.3, 0.4) is 0 Å². The zero-order chi connectivity index (χ0) is 15.3. The van der Waals surface area contributed by atoms with Gasteiger partial charge in [0.1, 0.15) is 0 Å². The lowest BCUT2D eigenvalue weighted by Gasteiger charge is -2.13. The molecule has 2 unspecified atom stereocenters. The van der Waals surface area contributed by atoms with Crippen molar-refractivity contribution in [1.82, 2.24) is 10.6 Å². The van der Waals surface area contributed by atoms with Gasteiger partial charge in [0.05, 0.1) is 12.7 Å². The van der Waals surface area contributed by atoms with Gasteiger partial charge in [-0.05, 0) is 32.1 Å². The molecule has 1 fully saturated rings. The Morgan fingerprint density at radius 2 is 2.33 bits per heavy atom. The Balaban J connectivity index is 2.06. The van der Waals surface area contributed by atoms with E-state index in [0.29, 0.717) is 19.3 Å². The molecule has 1 aliphatic rings. The van der Waals surface area contributed by atoms with Crippen LogP contribution in [0.4, 0.5) is 0 Å². The highest BCUT2D eigenvalue weighted by molar-refractivity contribution is 5.79. The number of nitrogens with one attached hydrogen (secondary N) is 2. The van der Waals surface area contributed by atoms with Crippen molar-refractivity contribution in [2.45, 2.75) is 39.2 Å². The highest BCUT2D eigenvalue weighted by Crippen LogP contribution is 2.11. The summed E-state index contributed by atoms with van der Waals surface area (Å²) in [4.78, 5) is 4.44. The quantitative estimate of drug-likeness (QED) is 0.315. The molecule has 0 amide bonds. The topological polar surface area (TPSA) is 75.1 Å². The van der Waals surface area contributed by atoms with Gasteiger partial charge < -0.3 is 25.2 Å². The molecule has 6 nitrogen and oxygen atoms in total. The van der Waals surface area contributed by atoms with E-state index in [2.05, 4.69) is 15.6 Å². The first-order valence-corrected chi connectivity index (χ1v) is 8.08. The van der Waals surface area contributed by atoms with E-state index < -0.39 is 0 Å². The van der Waals surface area contributed by atoms with Gasteiger partial charge in [0.15, 0.2) is 5.96 Å². The molecule has 2 atom stereocenters. The first-order chi connectivity index (χ1) is 10.3. The second kappa shape index (κ2) is 11.8. The maximum absolute atomic E-state index is 9.00. The van der Waals surface area contributed by atoms with Gasteiger partial charge >= 0.3 is 0 Å². The van der Waals surface area contributed by atoms with Crippen molar-refractivity contribution < 1.29 is 14.6 Å². The van der Waals surface area contributed by atoms with Crippen molar-refractivity contribution in [3.05, 3.63) is 0 Å². The largest absolute Gasteiger partial charge is 0.396 e. The van der Waals surface area contributed by atoms with Gasteiger partial charge in [-0.15, -0.1) is 0 Å². The lowest BCUT2D eigenvalue weighted by Crippen LogP contribution is -2.38. The van der Waals surface area contributed by atoms with Crippen LogP contribution in [0.2, 0.25) is 0 Å². The average molecular weight is 301 g/mol. The minimum atomic E-state index is 0.167. The van der Waals surface area contributed by atoms with Crippen LogP contribution in [0.1, 0.15) is 33.1 Å². The molecule has 0 radical (unpaired) electrons. The number of hydrogen-bond acceptors (Lipinski definition) is 4. The van der Waals surface area contributed by atoms with E-state index in [0.717, 1.165) is 51.5 Å². The molecule has 0 aromatic carbocycles. The summed E-state index contributed by atoms with van der Waals surface area (Å²) < 4.78 is 11.1. The lowest BCUT2D eigenvalue weighted by molar-refractivity contribution is 0.0168. The van der Waals surface area contributed by atoms with Gasteiger partial charge in [0, 0.05) is 39.5 Å². The van der Waals surface area contributed by atoms with Crippen molar-refractivity contribution in [3.8, 4) is 0 Å². The Hall–Kier alpha value is -0.850. The summed E-state index contributed by atoms with van der Waals surface area (Å²) in [5, 5.41) is 15.5. The van der Waals surface area contributed by atoms with Crippen molar-refractivity contribution in [2.75, 3.05) is 46.1 Å². The number of rotatable bonds is 10. The van der Waals surface area contributed by atoms with E-state index in [-0.39, 0.29) is 12.5 Å². The van der Waals surface area contributed by atoms with E-state index in [4.69, 9.17) is 14.6 Å². The van der Waals surface area contributed by atoms with Crippen molar-refractivity contribution in [3.63, 3.8) is 0 Å². The predicted octanol–water partition coefficient (Wildman–Crippen LogP) is 0.756. The predicted molar refractivity (Wildman–Crippen MR) is 84.6 cm³/mol. The summed E-state index contributed by atoms with van der Waals surface area (Å²) in [5.74, 6) is 0.993. The monoisotopic (exact) mass is 301 g/mol. The smallest absolute Gasteiger partial charge is 0.191 e. The fourth-order valence-electron chi connectivity index (χ4n) is 2.02. The maximum Gasteiger partial charge on any atom is 0.191 e. The van der Waals surface area contributed by atoms with E-state index in [1.54, 1.807) is 0 Å². The first-order valence-electron chi connectivity index (χ1n) is 8.08. The highest BCUT2D eigenvalue weighted by atomic mass is 16.5. The van der Waals surface area contributed by atoms with Crippen LogP contribution in [-0.2, 0) is 9.47 Å². The molecule has 1 heterocycles. The molecule has 124 valence electrons. The molecule has 6 heteroatoms. The standard InChI is InChI=1S/C15H31N3O3/c1-3-16-15(18-10-13(2)11-19)17-7-5-8-20-12-14-6-4-9-21-14/h13-14,19H,3-12H2,1-2H3,(H2,16,17,18). The maximum atomic E-state index is 9.00. The molecule has 0 aromatic rings. The van der Waals surface area contributed by atoms with Crippen LogP contribution < -0.4 is 10.6 Å². The fraction of sp³-hybridized carbons (Fsp3) is 0.933. The SMILES string of the molecule is CCNC(=NCC(C)CO)NCCCOCC1CCCO1. The van der Waals surface area contributed by atoms with E-state index >= 15 is 0 Å². The molecule has 0 bridgehead atoms. The lowest BCUT2D eigenvalue weighted by atomic mass is 10.2. The van der Waals surface area contributed by atoms with Crippen molar-refractivity contribution in [1.29, 1.82) is 0 Å². The Bertz CT molecular complexity index is 281. The first kappa shape index (κ1) is 18.2. The van der Waals surface area contributed by atoms with Gasteiger partial charge in [0.25, 0.3) is 0 Å². The minimum Gasteiger partial charge on any atom is -0.396 e. The molecule has 0 aliphatic carbocycles. The van der Waals surface area contributed by atoms with Gasteiger partial charge in [-0.1, -0.05) is 6.92 Å². The summed E-state index contributed by atoms with van der Waals surface area (Å²) in [6.07, 6.45) is 3.52. The second-order valence-electron chi connectivity index (χ2n) is 5.50. The van der Waals surface area contributed by atoms with Gasteiger partial charge in [-0.3, -0.25) is 4.99 Å². The summed E-state index contributed by atoms with van der Waals surface area (Å²) in [7, 11) is 0. The number of aliphatic hydroxyl groups is 1. The highest BCUT2D eigenvalue weighted by Gasteiger charge is 2.14. The van der Waals surface area contributed by atoms with Crippen LogP contribution in [0.5, 0.6) is 0 Å². The van der Waals surface area contributed by atoms with Crippen LogP contribution in [0.15, 0.2) is 4.99 Å². The molecular weight excluding hydrogens is 270 g/mol. The summed E-state index contributed by atoms with van der Waals surface area (Å²) in [6.45, 7) is 8.79. The van der Waals surface area contributed by atoms with Crippen LogP contribution in [0.25, 0.3) is 0 Å². The molecule has 1 saturated heterocycles. The van der Waals surface area contributed by atoms with E-state index in [1.165, 1.54) is 0 Å². The third-order valence-electron chi connectivity index (χ3n) is 3.30. The number of aliphatic hydroxyl groups excluding tert-OH is 1. The van der Waals surface area contributed by atoms with Crippen LogP contribution >= 0.6 is 0 Å². The fourth-order valence-corrected chi connectivity index (χ4v) is 2.02. The second-order valence-corrected chi connectivity index (χ2v) is 5.50. The molecule has 0 aromatic heterocycles. The molecule has 1 rings (SSSR count). The third-order valence-corrected chi connectivity index (χ3v) is 3.30. The Labute approximate surface area is 128 Å². The van der Waals surface area contributed by atoms with Crippen LogP contribution in [-0.4, -0.2) is 63.2 Å². The summed E-state index contributed by atoms with van der Waals surface area (Å²) >= 11 is 0. The minimum absolute atomic E-state index is 0.167.